The fraction of sp³-hybridized carbons (Fsp3) is 0.500. The van der Waals surface area contributed by atoms with E-state index < -0.39 is 0 Å². The van der Waals surface area contributed by atoms with Crippen LogP contribution in [0.15, 0.2) is 22.7 Å². The Morgan fingerprint density at radius 2 is 2.25 bits per heavy atom. The van der Waals surface area contributed by atoms with E-state index >= 15 is 0 Å². The van der Waals surface area contributed by atoms with Crippen molar-refractivity contribution >= 4 is 15.9 Å². The summed E-state index contributed by atoms with van der Waals surface area (Å²) in [6, 6.07) is 5.29. The van der Waals surface area contributed by atoms with Gasteiger partial charge in [-0.2, -0.15) is 0 Å². The first-order chi connectivity index (χ1) is 7.69. The van der Waals surface area contributed by atoms with Crippen molar-refractivity contribution in [3.63, 3.8) is 0 Å². The van der Waals surface area contributed by atoms with Crippen LogP contribution in [0.2, 0.25) is 0 Å². The van der Waals surface area contributed by atoms with E-state index in [1.807, 2.05) is 6.07 Å². The highest BCUT2D eigenvalue weighted by Crippen LogP contribution is 2.20. The summed E-state index contributed by atoms with van der Waals surface area (Å²) in [5, 5.41) is 12.2. The summed E-state index contributed by atoms with van der Waals surface area (Å²) < 4.78 is 13.7. The highest BCUT2D eigenvalue weighted by atomic mass is 79.9. The van der Waals surface area contributed by atoms with Gasteiger partial charge in [-0.3, -0.25) is 0 Å². The van der Waals surface area contributed by atoms with E-state index in [-0.39, 0.29) is 18.5 Å². The normalized spacial score (nSPS) is 12.8. The molecule has 0 fully saturated rings. The number of halogens is 2. The highest BCUT2D eigenvalue weighted by molar-refractivity contribution is 9.10. The molecule has 0 saturated heterocycles. The molecular weight excluding hydrogens is 273 g/mol. The molecule has 0 aliphatic rings. The van der Waals surface area contributed by atoms with E-state index in [0.29, 0.717) is 11.0 Å². The summed E-state index contributed by atoms with van der Waals surface area (Å²) in [5.74, 6) is -0.241. The van der Waals surface area contributed by atoms with Crippen LogP contribution >= 0.6 is 15.9 Å². The Balaban J connectivity index is 2.56. The van der Waals surface area contributed by atoms with E-state index in [9.17, 15) is 4.39 Å². The minimum atomic E-state index is -0.241. The minimum absolute atomic E-state index is 0.176. The quantitative estimate of drug-likeness (QED) is 0.844. The summed E-state index contributed by atoms with van der Waals surface area (Å²) in [4.78, 5) is 0. The van der Waals surface area contributed by atoms with Gasteiger partial charge in [-0.1, -0.05) is 19.1 Å². The number of hydrogen-bond donors (Lipinski definition) is 2. The van der Waals surface area contributed by atoms with Crippen molar-refractivity contribution in [3.8, 4) is 0 Å². The van der Waals surface area contributed by atoms with Crippen LogP contribution in [0.3, 0.4) is 0 Å². The van der Waals surface area contributed by atoms with Gasteiger partial charge in [-0.15, -0.1) is 0 Å². The molecule has 1 atom stereocenters. The predicted octanol–water partition coefficient (Wildman–Crippen LogP) is 2.84. The molecule has 4 heteroatoms. The third-order valence-corrected chi connectivity index (χ3v) is 3.47. The van der Waals surface area contributed by atoms with E-state index in [4.69, 9.17) is 5.11 Å². The van der Waals surface area contributed by atoms with E-state index in [1.54, 1.807) is 6.07 Å². The SMILES string of the molecule is CCC(CCO)NCc1cccc(F)c1Br. The first kappa shape index (κ1) is 13.6. The average Bonchev–Trinajstić information content (AvgIpc) is 2.29. The molecule has 0 aliphatic heterocycles. The Bertz CT molecular complexity index is 333. The molecule has 0 aliphatic carbocycles. The molecule has 90 valence electrons. The Morgan fingerprint density at radius 3 is 2.88 bits per heavy atom. The van der Waals surface area contributed by atoms with Crippen LogP contribution < -0.4 is 5.32 Å². The van der Waals surface area contributed by atoms with Gasteiger partial charge < -0.3 is 10.4 Å². The maximum atomic E-state index is 13.2. The lowest BCUT2D eigenvalue weighted by atomic mass is 10.1. The van der Waals surface area contributed by atoms with Crippen LogP contribution in [0.1, 0.15) is 25.3 Å². The lowest BCUT2D eigenvalue weighted by molar-refractivity contribution is 0.262. The van der Waals surface area contributed by atoms with Crippen LogP contribution in [0.25, 0.3) is 0 Å². The molecular formula is C12H17BrFNO. The van der Waals surface area contributed by atoms with Crippen molar-refractivity contribution in [3.05, 3.63) is 34.1 Å². The molecule has 0 spiro atoms. The first-order valence-corrected chi connectivity index (χ1v) is 6.25. The number of nitrogens with one attached hydrogen (secondary N) is 1. The molecule has 1 aromatic rings. The number of aliphatic hydroxyl groups is 1. The standard InChI is InChI=1S/C12H17BrFNO/c1-2-10(6-7-16)15-8-9-4-3-5-11(14)12(9)13/h3-5,10,15-16H,2,6-8H2,1H3. The van der Waals surface area contributed by atoms with Gasteiger partial charge in [-0.05, 0) is 40.4 Å². The Kier molecular flexibility index (Phi) is 5.95. The van der Waals surface area contributed by atoms with Crippen LogP contribution in [-0.4, -0.2) is 17.8 Å². The lowest BCUT2D eigenvalue weighted by Crippen LogP contribution is -2.29. The second-order valence-corrected chi connectivity index (χ2v) is 4.50. The van der Waals surface area contributed by atoms with Gasteiger partial charge in [-0.25, -0.2) is 4.39 Å². The first-order valence-electron chi connectivity index (χ1n) is 5.46. The topological polar surface area (TPSA) is 32.3 Å². The number of benzene rings is 1. The van der Waals surface area contributed by atoms with Crippen LogP contribution in [0.4, 0.5) is 4.39 Å². The van der Waals surface area contributed by atoms with Gasteiger partial charge in [0.25, 0.3) is 0 Å². The predicted molar refractivity (Wildman–Crippen MR) is 66.7 cm³/mol. The monoisotopic (exact) mass is 289 g/mol. The zero-order valence-corrected chi connectivity index (χ0v) is 10.9. The second kappa shape index (κ2) is 6.99. The molecule has 0 bridgehead atoms. The van der Waals surface area contributed by atoms with Crippen molar-refractivity contribution in [2.75, 3.05) is 6.61 Å². The molecule has 0 heterocycles. The summed E-state index contributed by atoms with van der Waals surface area (Å²) in [5.41, 5.74) is 0.899. The fourth-order valence-electron chi connectivity index (χ4n) is 1.55. The number of aliphatic hydroxyl groups excluding tert-OH is 1. The lowest BCUT2D eigenvalue weighted by Gasteiger charge is -2.16. The molecule has 2 nitrogen and oxygen atoms in total. The van der Waals surface area contributed by atoms with E-state index in [1.165, 1.54) is 6.07 Å². The molecule has 0 saturated carbocycles. The van der Waals surface area contributed by atoms with Crippen molar-refractivity contribution < 1.29 is 9.50 Å². The van der Waals surface area contributed by atoms with Crippen molar-refractivity contribution in [1.29, 1.82) is 0 Å². The summed E-state index contributed by atoms with van der Waals surface area (Å²) in [7, 11) is 0. The smallest absolute Gasteiger partial charge is 0.137 e. The van der Waals surface area contributed by atoms with Gasteiger partial charge in [0.1, 0.15) is 5.82 Å². The van der Waals surface area contributed by atoms with Gasteiger partial charge in [0.05, 0.1) is 4.47 Å². The zero-order valence-electron chi connectivity index (χ0n) is 9.34. The van der Waals surface area contributed by atoms with Crippen LogP contribution in [0, 0.1) is 5.82 Å². The van der Waals surface area contributed by atoms with Crippen molar-refractivity contribution in [1.82, 2.24) is 5.32 Å². The molecule has 1 rings (SSSR count). The third-order valence-electron chi connectivity index (χ3n) is 2.58. The number of hydrogen-bond acceptors (Lipinski definition) is 2. The molecule has 0 amide bonds. The second-order valence-electron chi connectivity index (χ2n) is 3.71. The largest absolute Gasteiger partial charge is 0.396 e. The Morgan fingerprint density at radius 1 is 1.50 bits per heavy atom. The van der Waals surface area contributed by atoms with Gasteiger partial charge in [0.2, 0.25) is 0 Å². The van der Waals surface area contributed by atoms with E-state index in [0.717, 1.165) is 18.4 Å². The molecule has 0 aromatic heterocycles. The van der Waals surface area contributed by atoms with Crippen LogP contribution in [0.5, 0.6) is 0 Å². The maximum absolute atomic E-state index is 13.2. The van der Waals surface area contributed by atoms with E-state index in [2.05, 4.69) is 28.2 Å². The Labute approximate surface area is 104 Å². The van der Waals surface area contributed by atoms with Crippen molar-refractivity contribution in [2.24, 2.45) is 0 Å². The molecule has 2 N–H and O–H groups in total. The fourth-order valence-corrected chi connectivity index (χ4v) is 1.95. The average molecular weight is 290 g/mol. The molecule has 1 unspecified atom stereocenters. The maximum Gasteiger partial charge on any atom is 0.137 e. The summed E-state index contributed by atoms with van der Waals surface area (Å²) in [6.07, 6.45) is 1.68. The highest BCUT2D eigenvalue weighted by Gasteiger charge is 2.08. The molecule has 1 aromatic carbocycles. The minimum Gasteiger partial charge on any atom is -0.396 e. The van der Waals surface area contributed by atoms with Gasteiger partial charge >= 0.3 is 0 Å². The zero-order chi connectivity index (χ0) is 12.0. The van der Waals surface area contributed by atoms with Crippen molar-refractivity contribution in [2.45, 2.75) is 32.4 Å². The van der Waals surface area contributed by atoms with Crippen LogP contribution in [-0.2, 0) is 6.54 Å². The van der Waals surface area contributed by atoms with Gasteiger partial charge in [0.15, 0.2) is 0 Å². The summed E-state index contributed by atoms with van der Waals surface area (Å²) >= 11 is 3.23. The third kappa shape index (κ3) is 3.85. The van der Waals surface area contributed by atoms with Gasteiger partial charge in [0, 0.05) is 19.2 Å². The Hall–Kier alpha value is -0.450. The molecule has 0 radical (unpaired) electrons. The number of rotatable bonds is 6. The molecule has 16 heavy (non-hydrogen) atoms. The summed E-state index contributed by atoms with van der Waals surface area (Å²) in [6.45, 7) is 2.85.